The van der Waals surface area contributed by atoms with Gasteiger partial charge in [-0.1, -0.05) is 0 Å². The Bertz CT molecular complexity index is 1210. The summed E-state index contributed by atoms with van der Waals surface area (Å²) in [6.45, 7) is 4.99. The molecule has 2 N–H and O–H groups in total. The lowest BCUT2D eigenvalue weighted by molar-refractivity contribution is -0.118. The van der Waals surface area contributed by atoms with Crippen molar-refractivity contribution in [1.29, 1.82) is 0 Å². The highest BCUT2D eigenvalue weighted by Gasteiger charge is 2.17. The smallest absolute Gasteiger partial charge is 0.262 e. The lowest BCUT2D eigenvalue weighted by atomic mass is 10.1. The second kappa shape index (κ2) is 9.05. The number of anilines is 1. The van der Waals surface area contributed by atoms with Crippen LogP contribution in [0.3, 0.4) is 0 Å². The van der Waals surface area contributed by atoms with E-state index in [9.17, 15) is 9.90 Å². The number of nitrogens with zero attached hydrogens (tertiary/aromatic N) is 3. The van der Waals surface area contributed by atoms with E-state index in [1.807, 2.05) is 37.4 Å². The molecule has 0 unspecified atom stereocenters. The molecular weight excluding hydrogens is 416 g/mol. The second-order valence-corrected chi connectivity index (χ2v) is 7.47. The maximum atomic E-state index is 11.7. The molecule has 0 spiro atoms. The average molecular weight is 439 g/mol. The van der Waals surface area contributed by atoms with Crippen molar-refractivity contribution in [1.82, 2.24) is 4.68 Å². The van der Waals surface area contributed by atoms with Gasteiger partial charge in [0.15, 0.2) is 6.61 Å². The minimum Gasteiger partial charge on any atom is -0.507 e. The van der Waals surface area contributed by atoms with Crippen LogP contribution in [0.1, 0.15) is 19.4 Å². The molecule has 4 rings (SSSR count). The number of aromatic hydroxyl groups is 1. The van der Waals surface area contributed by atoms with Crippen LogP contribution in [0.25, 0.3) is 11.3 Å². The quantitative estimate of drug-likeness (QED) is 0.576. The van der Waals surface area contributed by atoms with E-state index in [1.54, 1.807) is 29.1 Å². The van der Waals surface area contributed by atoms with E-state index in [-0.39, 0.29) is 18.3 Å². The summed E-state index contributed by atoms with van der Waals surface area (Å²) in [7, 11) is 0. The van der Waals surface area contributed by atoms with Crippen LogP contribution in [0.5, 0.6) is 17.2 Å². The third-order valence-corrected chi connectivity index (χ3v) is 5.37. The zero-order valence-electron chi connectivity index (χ0n) is 17.2. The van der Waals surface area contributed by atoms with Crippen molar-refractivity contribution in [2.75, 3.05) is 25.1 Å². The SMILES string of the molecule is CCN=c1scc(-c2ccc3c(c2)NC(=O)CO3)n1N=Cc1ccc(OCC)cc1O. The fourth-order valence-corrected chi connectivity index (χ4v) is 4.01. The Morgan fingerprint density at radius 3 is 2.94 bits per heavy atom. The Morgan fingerprint density at radius 1 is 1.29 bits per heavy atom. The van der Waals surface area contributed by atoms with Gasteiger partial charge in [0, 0.05) is 29.1 Å². The number of phenolic OH excluding ortho intramolecular Hbond substituents is 1. The van der Waals surface area contributed by atoms with Gasteiger partial charge in [-0.15, -0.1) is 11.3 Å². The Balaban J connectivity index is 1.73. The first-order valence-corrected chi connectivity index (χ1v) is 10.7. The molecule has 1 aliphatic heterocycles. The maximum absolute atomic E-state index is 11.7. The predicted octanol–water partition coefficient (Wildman–Crippen LogP) is 3.45. The molecule has 0 fully saturated rings. The normalized spacial score (nSPS) is 13.7. The molecule has 0 bridgehead atoms. The van der Waals surface area contributed by atoms with Crippen molar-refractivity contribution in [3.05, 3.63) is 52.1 Å². The maximum Gasteiger partial charge on any atom is 0.262 e. The number of hydrogen-bond acceptors (Lipinski definition) is 7. The summed E-state index contributed by atoms with van der Waals surface area (Å²) in [5, 5.41) is 19.7. The summed E-state index contributed by atoms with van der Waals surface area (Å²) in [5.41, 5.74) is 2.84. The van der Waals surface area contributed by atoms with Crippen LogP contribution >= 0.6 is 11.3 Å². The highest BCUT2D eigenvalue weighted by atomic mass is 32.1. The molecule has 0 saturated heterocycles. The van der Waals surface area contributed by atoms with Crippen LogP contribution < -0.4 is 19.6 Å². The Morgan fingerprint density at radius 2 is 2.16 bits per heavy atom. The number of amides is 1. The molecule has 0 radical (unpaired) electrons. The Hall–Kier alpha value is -3.59. The molecule has 2 heterocycles. The van der Waals surface area contributed by atoms with E-state index in [0.29, 0.717) is 35.9 Å². The minimum absolute atomic E-state index is 0.0141. The third kappa shape index (κ3) is 4.46. The number of phenols is 1. The molecule has 1 aromatic heterocycles. The van der Waals surface area contributed by atoms with Crippen LogP contribution in [0.15, 0.2) is 51.9 Å². The highest BCUT2D eigenvalue weighted by Crippen LogP contribution is 2.33. The third-order valence-electron chi connectivity index (χ3n) is 4.51. The zero-order valence-corrected chi connectivity index (χ0v) is 18.0. The van der Waals surface area contributed by atoms with Crippen molar-refractivity contribution in [2.24, 2.45) is 10.1 Å². The summed E-state index contributed by atoms with van der Waals surface area (Å²) in [4.78, 5) is 16.9. The first-order chi connectivity index (χ1) is 15.1. The van der Waals surface area contributed by atoms with Gasteiger partial charge in [0.2, 0.25) is 4.80 Å². The Labute approximate surface area is 183 Å². The average Bonchev–Trinajstić information content (AvgIpc) is 3.15. The van der Waals surface area contributed by atoms with Crippen molar-refractivity contribution in [3.63, 3.8) is 0 Å². The topological polar surface area (TPSA) is 97.4 Å². The van der Waals surface area contributed by atoms with E-state index in [4.69, 9.17) is 9.47 Å². The van der Waals surface area contributed by atoms with Crippen molar-refractivity contribution in [3.8, 4) is 28.5 Å². The first-order valence-electron chi connectivity index (χ1n) is 9.87. The standard InChI is InChI=1S/C22H22N4O4S/c1-3-23-22-26(24-11-15-5-7-16(29-4-2)10-19(15)27)18(13-31-22)14-6-8-20-17(9-14)25-21(28)12-30-20/h5-11,13,27H,3-4,12H2,1-2H3,(H,25,28). The van der Waals surface area contributed by atoms with Gasteiger partial charge in [0.25, 0.3) is 5.91 Å². The molecule has 1 aliphatic rings. The summed E-state index contributed by atoms with van der Waals surface area (Å²) in [6.07, 6.45) is 1.58. The van der Waals surface area contributed by atoms with Crippen molar-refractivity contribution >= 4 is 29.1 Å². The summed E-state index contributed by atoms with van der Waals surface area (Å²) in [5.74, 6) is 1.12. The highest BCUT2D eigenvalue weighted by molar-refractivity contribution is 7.07. The van der Waals surface area contributed by atoms with Crippen LogP contribution in [0.2, 0.25) is 0 Å². The van der Waals surface area contributed by atoms with E-state index in [0.717, 1.165) is 16.1 Å². The lowest BCUT2D eigenvalue weighted by Gasteiger charge is -2.18. The fourth-order valence-electron chi connectivity index (χ4n) is 3.10. The number of hydrogen-bond donors (Lipinski definition) is 2. The van der Waals surface area contributed by atoms with Gasteiger partial charge in [-0.2, -0.15) is 5.10 Å². The Kier molecular flexibility index (Phi) is 6.03. The molecular formula is C22H22N4O4S. The fraction of sp³-hybridized carbons (Fsp3) is 0.227. The van der Waals surface area contributed by atoms with Gasteiger partial charge in [-0.25, -0.2) is 4.68 Å². The second-order valence-electron chi connectivity index (χ2n) is 6.64. The van der Waals surface area contributed by atoms with E-state index in [2.05, 4.69) is 15.4 Å². The van der Waals surface area contributed by atoms with Crippen molar-refractivity contribution < 1.29 is 19.4 Å². The monoisotopic (exact) mass is 438 g/mol. The molecule has 1 amide bonds. The largest absolute Gasteiger partial charge is 0.507 e. The van der Waals surface area contributed by atoms with E-state index >= 15 is 0 Å². The minimum atomic E-state index is -0.187. The molecule has 0 aliphatic carbocycles. The van der Waals surface area contributed by atoms with Crippen LogP contribution in [0, 0.1) is 0 Å². The molecule has 3 aromatic rings. The first kappa shape index (κ1) is 20.7. The summed E-state index contributed by atoms with van der Waals surface area (Å²) in [6, 6.07) is 10.7. The van der Waals surface area contributed by atoms with Gasteiger partial charge in [-0.05, 0) is 44.2 Å². The molecule has 0 saturated carbocycles. The number of fused-ring (bicyclic) bond motifs is 1. The van der Waals surface area contributed by atoms with Gasteiger partial charge >= 0.3 is 0 Å². The predicted molar refractivity (Wildman–Crippen MR) is 120 cm³/mol. The molecule has 2 aromatic carbocycles. The van der Waals surface area contributed by atoms with Gasteiger partial charge < -0.3 is 19.9 Å². The molecule has 9 heteroatoms. The van der Waals surface area contributed by atoms with Crippen molar-refractivity contribution in [2.45, 2.75) is 13.8 Å². The number of nitrogens with one attached hydrogen (secondary N) is 1. The number of carbonyl (C=O) groups is 1. The lowest BCUT2D eigenvalue weighted by Crippen LogP contribution is -2.25. The van der Waals surface area contributed by atoms with Crippen LogP contribution in [-0.4, -0.2) is 41.7 Å². The number of carbonyl (C=O) groups excluding carboxylic acids is 1. The molecule has 8 nitrogen and oxygen atoms in total. The van der Waals surface area contributed by atoms with Crippen LogP contribution in [-0.2, 0) is 4.79 Å². The number of rotatable bonds is 6. The van der Waals surface area contributed by atoms with Gasteiger partial charge in [0.1, 0.15) is 17.2 Å². The molecule has 0 atom stereocenters. The van der Waals surface area contributed by atoms with E-state index in [1.165, 1.54) is 11.3 Å². The summed E-state index contributed by atoms with van der Waals surface area (Å²) >= 11 is 1.46. The number of benzene rings is 2. The molecule has 31 heavy (non-hydrogen) atoms. The number of ether oxygens (including phenoxy) is 2. The van der Waals surface area contributed by atoms with Crippen LogP contribution in [0.4, 0.5) is 5.69 Å². The zero-order chi connectivity index (χ0) is 21.8. The van der Waals surface area contributed by atoms with Gasteiger partial charge in [0.05, 0.1) is 24.2 Å². The molecule has 160 valence electrons. The van der Waals surface area contributed by atoms with Gasteiger partial charge in [-0.3, -0.25) is 9.79 Å². The number of aromatic nitrogens is 1. The summed E-state index contributed by atoms with van der Waals surface area (Å²) < 4.78 is 12.6. The van der Waals surface area contributed by atoms with E-state index < -0.39 is 0 Å². The number of thiazole rings is 1.